The molecule has 1 aliphatic carbocycles. The minimum atomic E-state index is -4.26. The van der Waals surface area contributed by atoms with Gasteiger partial charge in [0.15, 0.2) is 0 Å². The highest BCUT2D eigenvalue weighted by Gasteiger charge is 2.37. The van der Waals surface area contributed by atoms with Crippen LogP contribution in [0.1, 0.15) is 18.4 Å². The normalized spacial score (nSPS) is 17.8. The second-order valence-corrected chi connectivity index (χ2v) is 9.90. The van der Waals surface area contributed by atoms with Crippen LogP contribution in [0.15, 0.2) is 59.5 Å². The first-order chi connectivity index (χ1) is 15.3. The van der Waals surface area contributed by atoms with Crippen molar-refractivity contribution in [3.8, 4) is 0 Å². The lowest BCUT2D eigenvalue weighted by Crippen LogP contribution is -2.56. The van der Waals surface area contributed by atoms with Gasteiger partial charge in [0.05, 0.1) is 0 Å². The highest BCUT2D eigenvalue weighted by molar-refractivity contribution is 7.89. The van der Waals surface area contributed by atoms with Gasteiger partial charge in [-0.25, -0.2) is 12.8 Å². The van der Waals surface area contributed by atoms with Crippen molar-refractivity contribution in [2.75, 3.05) is 26.2 Å². The van der Waals surface area contributed by atoms with Gasteiger partial charge in [-0.15, -0.1) is 0 Å². The molecular weight excluding hydrogens is 433 g/mol. The van der Waals surface area contributed by atoms with Crippen LogP contribution in [0.4, 0.5) is 4.39 Å². The van der Waals surface area contributed by atoms with Crippen molar-refractivity contribution in [2.24, 2.45) is 5.92 Å². The van der Waals surface area contributed by atoms with Gasteiger partial charge in [0.25, 0.3) is 0 Å². The van der Waals surface area contributed by atoms with E-state index in [-0.39, 0.29) is 24.2 Å². The van der Waals surface area contributed by atoms with Crippen molar-refractivity contribution in [3.63, 3.8) is 0 Å². The summed E-state index contributed by atoms with van der Waals surface area (Å²) >= 11 is 0. The third-order valence-electron chi connectivity index (χ3n) is 5.83. The van der Waals surface area contributed by atoms with E-state index in [4.69, 9.17) is 0 Å². The lowest BCUT2D eigenvalue weighted by molar-refractivity contribution is -0.141. The van der Waals surface area contributed by atoms with E-state index < -0.39 is 26.8 Å². The summed E-state index contributed by atoms with van der Waals surface area (Å²) in [6.45, 7) is 1.53. The van der Waals surface area contributed by atoms with Gasteiger partial charge in [0.2, 0.25) is 21.8 Å². The maximum atomic E-state index is 14.2. The largest absolute Gasteiger partial charge is 0.339 e. The number of benzene rings is 2. The molecule has 1 aliphatic heterocycles. The number of halogens is 1. The number of nitrogens with zero attached hydrogens (tertiary/aromatic N) is 2. The Morgan fingerprint density at radius 2 is 1.53 bits per heavy atom. The van der Waals surface area contributed by atoms with Crippen LogP contribution < -0.4 is 4.72 Å². The fourth-order valence-corrected chi connectivity index (χ4v) is 5.17. The van der Waals surface area contributed by atoms with Crippen LogP contribution in [0.5, 0.6) is 0 Å². The summed E-state index contributed by atoms with van der Waals surface area (Å²) in [6.07, 6.45) is 1.98. The second-order valence-electron chi connectivity index (χ2n) is 8.22. The molecule has 32 heavy (non-hydrogen) atoms. The first-order valence-electron chi connectivity index (χ1n) is 10.7. The molecule has 4 rings (SSSR count). The third-order valence-corrected chi connectivity index (χ3v) is 7.34. The van der Waals surface area contributed by atoms with E-state index in [1.807, 2.05) is 30.3 Å². The smallest absolute Gasteiger partial charge is 0.244 e. The molecule has 2 aromatic rings. The van der Waals surface area contributed by atoms with E-state index in [1.54, 1.807) is 9.80 Å². The predicted molar refractivity (Wildman–Crippen MR) is 117 cm³/mol. The van der Waals surface area contributed by atoms with E-state index in [9.17, 15) is 22.4 Å². The van der Waals surface area contributed by atoms with Crippen molar-refractivity contribution in [1.82, 2.24) is 14.5 Å². The van der Waals surface area contributed by atoms with Gasteiger partial charge in [-0.1, -0.05) is 42.5 Å². The van der Waals surface area contributed by atoms with Crippen molar-refractivity contribution in [1.29, 1.82) is 0 Å². The number of hydrogen-bond acceptors (Lipinski definition) is 4. The Kier molecular flexibility index (Phi) is 6.57. The molecular formula is C23H26FN3O4S. The molecule has 1 heterocycles. The topological polar surface area (TPSA) is 86.8 Å². The molecule has 1 atom stereocenters. The zero-order chi connectivity index (χ0) is 22.7. The Hall–Kier alpha value is -2.78. The molecule has 7 nitrogen and oxygen atoms in total. The summed E-state index contributed by atoms with van der Waals surface area (Å²) in [5.74, 6) is -1.00. The first kappa shape index (κ1) is 22.4. The molecule has 0 radical (unpaired) electrons. The quantitative estimate of drug-likeness (QED) is 0.684. The van der Waals surface area contributed by atoms with Gasteiger partial charge < -0.3 is 9.80 Å². The maximum Gasteiger partial charge on any atom is 0.244 e. The minimum absolute atomic E-state index is 0.121. The highest BCUT2D eigenvalue weighted by Crippen LogP contribution is 2.31. The highest BCUT2D eigenvalue weighted by atomic mass is 32.2. The maximum absolute atomic E-state index is 14.2. The molecule has 1 saturated heterocycles. The number of nitrogens with one attached hydrogen (secondary N) is 1. The van der Waals surface area contributed by atoms with Gasteiger partial charge in [-0.3, -0.25) is 9.59 Å². The monoisotopic (exact) mass is 459 g/mol. The Morgan fingerprint density at radius 3 is 2.16 bits per heavy atom. The van der Waals surface area contributed by atoms with Crippen LogP contribution in [0.25, 0.3) is 0 Å². The standard InChI is InChI=1S/C23H26FN3O4S/c24-19-8-4-5-9-21(19)32(30,31)25-20(16-17-6-2-1-3-7-17)23(29)27-14-12-26(13-15-27)22(28)18-10-11-18/h1-9,18,20,25H,10-16H2/t20-/m1/s1. The molecule has 2 amide bonds. The zero-order valence-electron chi connectivity index (χ0n) is 17.6. The summed E-state index contributed by atoms with van der Waals surface area (Å²) in [7, 11) is -4.26. The predicted octanol–water partition coefficient (Wildman–Crippen LogP) is 1.80. The van der Waals surface area contributed by atoms with E-state index >= 15 is 0 Å². The van der Waals surface area contributed by atoms with Gasteiger partial charge in [0.1, 0.15) is 16.8 Å². The number of piperazine rings is 1. The van der Waals surface area contributed by atoms with Crippen LogP contribution >= 0.6 is 0 Å². The third kappa shape index (κ3) is 5.16. The summed E-state index contributed by atoms with van der Waals surface area (Å²) in [6, 6.07) is 13.1. The summed E-state index contributed by atoms with van der Waals surface area (Å²) in [4.78, 5) is 28.5. The van der Waals surface area contributed by atoms with Gasteiger partial charge in [-0.2, -0.15) is 4.72 Å². The molecule has 2 fully saturated rings. The van der Waals surface area contributed by atoms with E-state index in [0.717, 1.165) is 24.5 Å². The Bertz CT molecular complexity index is 1080. The molecule has 0 unspecified atom stereocenters. The fraction of sp³-hybridized carbons (Fsp3) is 0.391. The number of rotatable bonds is 7. The van der Waals surface area contributed by atoms with E-state index in [1.165, 1.54) is 18.2 Å². The SMILES string of the molecule is O=C(C1CC1)N1CCN(C(=O)[C@@H](Cc2ccccc2)NS(=O)(=O)c2ccccc2F)CC1. The van der Waals surface area contributed by atoms with Crippen LogP contribution in [0.3, 0.4) is 0 Å². The second kappa shape index (κ2) is 9.38. The van der Waals surface area contributed by atoms with Crippen molar-refractivity contribution < 1.29 is 22.4 Å². The van der Waals surface area contributed by atoms with Crippen LogP contribution in [0.2, 0.25) is 0 Å². The number of amides is 2. The molecule has 0 spiro atoms. The lowest BCUT2D eigenvalue weighted by atomic mass is 10.1. The lowest BCUT2D eigenvalue weighted by Gasteiger charge is -2.36. The molecule has 9 heteroatoms. The van der Waals surface area contributed by atoms with E-state index in [0.29, 0.717) is 26.2 Å². The average Bonchev–Trinajstić information content (AvgIpc) is 3.64. The van der Waals surface area contributed by atoms with E-state index in [2.05, 4.69) is 4.72 Å². The molecule has 1 N–H and O–H groups in total. The molecule has 0 aromatic heterocycles. The summed E-state index contributed by atoms with van der Waals surface area (Å²) in [5.41, 5.74) is 0.782. The van der Waals surface area contributed by atoms with Gasteiger partial charge in [-0.05, 0) is 37.0 Å². The van der Waals surface area contributed by atoms with Crippen LogP contribution in [0, 0.1) is 11.7 Å². The molecule has 0 bridgehead atoms. The van der Waals surface area contributed by atoms with Gasteiger partial charge >= 0.3 is 0 Å². The molecule has 1 saturated carbocycles. The average molecular weight is 460 g/mol. The van der Waals surface area contributed by atoms with Crippen LogP contribution in [-0.2, 0) is 26.0 Å². The Balaban J connectivity index is 1.51. The molecule has 2 aliphatic rings. The Labute approximate surface area is 187 Å². The molecule has 2 aromatic carbocycles. The Morgan fingerprint density at radius 1 is 0.938 bits per heavy atom. The number of carbonyl (C=O) groups excluding carboxylic acids is 2. The number of carbonyl (C=O) groups is 2. The minimum Gasteiger partial charge on any atom is -0.339 e. The zero-order valence-corrected chi connectivity index (χ0v) is 18.4. The fourth-order valence-electron chi connectivity index (χ4n) is 3.90. The molecule has 170 valence electrons. The summed E-state index contributed by atoms with van der Waals surface area (Å²) < 4.78 is 42.4. The first-order valence-corrected chi connectivity index (χ1v) is 12.2. The van der Waals surface area contributed by atoms with Crippen molar-refractivity contribution in [3.05, 3.63) is 66.0 Å². The summed E-state index contributed by atoms with van der Waals surface area (Å²) in [5, 5.41) is 0. The van der Waals surface area contributed by atoms with Crippen molar-refractivity contribution >= 4 is 21.8 Å². The van der Waals surface area contributed by atoms with Crippen molar-refractivity contribution in [2.45, 2.75) is 30.2 Å². The van der Waals surface area contributed by atoms with Crippen LogP contribution in [-0.4, -0.2) is 62.3 Å². The number of sulfonamides is 1. The number of hydrogen-bond donors (Lipinski definition) is 1. The van der Waals surface area contributed by atoms with Gasteiger partial charge in [0, 0.05) is 32.1 Å².